The van der Waals surface area contributed by atoms with Crippen molar-refractivity contribution in [1.29, 1.82) is 0 Å². The Morgan fingerprint density at radius 2 is 1.79 bits per heavy atom. The molecule has 2 aromatic carbocycles. The van der Waals surface area contributed by atoms with Gasteiger partial charge in [-0.1, -0.05) is 36.8 Å². The molecule has 1 amide bonds. The molecule has 4 nitrogen and oxygen atoms in total. The number of rotatable bonds is 6. The highest BCUT2D eigenvalue weighted by molar-refractivity contribution is 8.18. The molecular formula is C23H26N2O2S. The summed E-state index contributed by atoms with van der Waals surface area (Å²) in [5, 5.41) is 0.736. The minimum absolute atomic E-state index is 0.0131. The molecule has 0 aromatic heterocycles. The number of thioether (sulfide) groups is 1. The summed E-state index contributed by atoms with van der Waals surface area (Å²) in [6, 6.07) is 15.9. The Hall–Kier alpha value is -2.53. The largest absolute Gasteiger partial charge is 0.494 e. The van der Waals surface area contributed by atoms with Crippen LogP contribution in [0.25, 0.3) is 6.08 Å². The fraction of sp³-hybridized carbons (Fsp3) is 0.304. The SMILES string of the molecule is CCOc1ccc(/C=C2/SC(=Nc3ccc(C)cc3)N([C@@H](C)CC)C2=O)cc1. The van der Waals surface area contributed by atoms with Gasteiger partial charge in [-0.2, -0.15) is 0 Å². The number of ether oxygens (including phenoxy) is 1. The van der Waals surface area contributed by atoms with Gasteiger partial charge in [0.2, 0.25) is 0 Å². The van der Waals surface area contributed by atoms with Crippen LogP contribution in [0.15, 0.2) is 58.4 Å². The molecule has 146 valence electrons. The second kappa shape index (κ2) is 9.11. The fourth-order valence-corrected chi connectivity index (χ4v) is 3.93. The molecule has 2 aromatic rings. The lowest BCUT2D eigenvalue weighted by atomic mass is 10.2. The summed E-state index contributed by atoms with van der Waals surface area (Å²) in [7, 11) is 0. The van der Waals surface area contributed by atoms with Crippen LogP contribution in [0.2, 0.25) is 0 Å². The van der Waals surface area contributed by atoms with Crippen LogP contribution in [0.4, 0.5) is 5.69 Å². The number of benzene rings is 2. The third-order valence-electron chi connectivity index (χ3n) is 4.62. The van der Waals surface area contributed by atoms with E-state index >= 15 is 0 Å². The lowest BCUT2D eigenvalue weighted by Gasteiger charge is -2.22. The smallest absolute Gasteiger partial charge is 0.266 e. The maximum Gasteiger partial charge on any atom is 0.266 e. The van der Waals surface area contributed by atoms with E-state index < -0.39 is 0 Å². The maximum atomic E-state index is 13.1. The molecule has 0 saturated carbocycles. The van der Waals surface area contributed by atoms with Gasteiger partial charge in [0.15, 0.2) is 5.17 Å². The third-order valence-corrected chi connectivity index (χ3v) is 5.60. The monoisotopic (exact) mass is 394 g/mol. The molecule has 0 unspecified atom stereocenters. The van der Waals surface area contributed by atoms with E-state index in [9.17, 15) is 4.79 Å². The van der Waals surface area contributed by atoms with Gasteiger partial charge in [-0.25, -0.2) is 4.99 Å². The molecular weight excluding hydrogens is 368 g/mol. The number of carbonyl (C=O) groups is 1. The molecule has 1 saturated heterocycles. The predicted molar refractivity (Wildman–Crippen MR) is 118 cm³/mol. The molecule has 1 heterocycles. The van der Waals surface area contributed by atoms with Crippen molar-refractivity contribution in [3.05, 3.63) is 64.6 Å². The number of aliphatic imine (C=N–C) groups is 1. The second-order valence-electron chi connectivity index (χ2n) is 6.78. The zero-order valence-corrected chi connectivity index (χ0v) is 17.6. The highest BCUT2D eigenvalue weighted by Crippen LogP contribution is 2.36. The molecule has 1 aliphatic rings. The van der Waals surface area contributed by atoms with Crippen LogP contribution in [0, 0.1) is 6.92 Å². The van der Waals surface area contributed by atoms with E-state index in [1.165, 1.54) is 17.3 Å². The van der Waals surface area contributed by atoms with Crippen molar-refractivity contribution in [2.24, 2.45) is 4.99 Å². The quantitative estimate of drug-likeness (QED) is 0.582. The predicted octanol–water partition coefficient (Wildman–Crippen LogP) is 5.80. The Balaban J connectivity index is 1.91. The minimum atomic E-state index is 0.0131. The van der Waals surface area contributed by atoms with E-state index in [0.29, 0.717) is 11.5 Å². The topological polar surface area (TPSA) is 41.9 Å². The highest BCUT2D eigenvalue weighted by Gasteiger charge is 2.36. The van der Waals surface area contributed by atoms with Gasteiger partial charge in [-0.15, -0.1) is 0 Å². The van der Waals surface area contributed by atoms with E-state index in [2.05, 4.69) is 13.8 Å². The van der Waals surface area contributed by atoms with Crippen LogP contribution >= 0.6 is 11.8 Å². The Morgan fingerprint density at radius 1 is 1.11 bits per heavy atom. The number of hydrogen-bond donors (Lipinski definition) is 0. The molecule has 0 N–H and O–H groups in total. The number of aryl methyl sites for hydroxylation is 1. The maximum absolute atomic E-state index is 13.1. The van der Waals surface area contributed by atoms with Crippen LogP contribution in [0.5, 0.6) is 5.75 Å². The summed E-state index contributed by atoms with van der Waals surface area (Å²) in [6.45, 7) is 8.79. The summed E-state index contributed by atoms with van der Waals surface area (Å²) < 4.78 is 5.49. The van der Waals surface area contributed by atoms with Gasteiger partial charge in [-0.05, 0) is 74.9 Å². The molecule has 0 bridgehead atoms. The van der Waals surface area contributed by atoms with Gasteiger partial charge in [0.05, 0.1) is 17.2 Å². The van der Waals surface area contributed by atoms with Gasteiger partial charge in [0.25, 0.3) is 5.91 Å². The van der Waals surface area contributed by atoms with E-state index in [0.717, 1.165) is 28.6 Å². The molecule has 1 atom stereocenters. The average molecular weight is 395 g/mol. The normalized spacial score (nSPS) is 18.1. The van der Waals surface area contributed by atoms with Crippen LogP contribution < -0.4 is 4.74 Å². The zero-order chi connectivity index (χ0) is 20.1. The first-order valence-corrected chi connectivity index (χ1v) is 10.4. The van der Waals surface area contributed by atoms with E-state index in [1.54, 1.807) is 0 Å². The molecule has 5 heteroatoms. The Labute approximate surface area is 171 Å². The van der Waals surface area contributed by atoms with Crippen molar-refractivity contribution < 1.29 is 9.53 Å². The number of nitrogens with zero attached hydrogens (tertiary/aromatic N) is 2. The van der Waals surface area contributed by atoms with Gasteiger partial charge >= 0.3 is 0 Å². The van der Waals surface area contributed by atoms with Crippen LogP contribution in [-0.4, -0.2) is 28.6 Å². The van der Waals surface area contributed by atoms with E-state index in [4.69, 9.17) is 9.73 Å². The lowest BCUT2D eigenvalue weighted by molar-refractivity contribution is -0.123. The summed E-state index contributed by atoms with van der Waals surface area (Å²) in [5.74, 6) is 0.844. The van der Waals surface area contributed by atoms with Gasteiger partial charge in [-0.3, -0.25) is 9.69 Å². The molecule has 1 fully saturated rings. The van der Waals surface area contributed by atoms with Gasteiger partial charge < -0.3 is 4.74 Å². The number of amidine groups is 1. The summed E-state index contributed by atoms with van der Waals surface area (Å²) in [4.78, 5) is 20.3. The van der Waals surface area contributed by atoms with Crippen molar-refractivity contribution in [3.8, 4) is 5.75 Å². The van der Waals surface area contributed by atoms with E-state index in [1.807, 2.05) is 73.4 Å². The summed E-state index contributed by atoms with van der Waals surface area (Å²) in [6.07, 6.45) is 2.80. The van der Waals surface area contributed by atoms with Crippen LogP contribution in [-0.2, 0) is 4.79 Å². The van der Waals surface area contributed by atoms with Crippen LogP contribution in [0.1, 0.15) is 38.3 Å². The van der Waals surface area contributed by atoms with Crippen molar-refractivity contribution in [2.75, 3.05) is 6.61 Å². The van der Waals surface area contributed by atoms with Crippen molar-refractivity contribution in [2.45, 2.75) is 40.2 Å². The Morgan fingerprint density at radius 3 is 2.39 bits per heavy atom. The molecule has 0 aliphatic carbocycles. The molecule has 3 rings (SSSR count). The molecule has 28 heavy (non-hydrogen) atoms. The van der Waals surface area contributed by atoms with Gasteiger partial charge in [0, 0.05) is 6.04 Å². The highest BCUT2D eigenvalue weighted by atomic mass is 32.2. The fourth-order valence-electron chi connectivity index (χ4n) is 2.84. The number of carbonyl (C=O) groups excluding carboxylic acids is 1. The third kappa shape index (κ3) is 4.65. The first-order valence-electron chi connectivity index (χ1n) is 9.63. The molecule has 1 aliphatic heterocycles. The van der Waals surface area contributed by atoms with E-state index in [-0.39, 0.29) is 11.9 Å². The standard InChI is InChI=1S/C23H26N2O2S/c1-5-17(4)25-22(26)21(15-18-9-13-20(14-10-18)27-6-2)28-23(25)24-19-11-7-16(3)8-12-19/h7-15,17H,5-6H2,1-4H3/b21-15+,24-23?/t17-/m0/s1. The lowest BCUT2D eigenvalue weighted by Crippen LogP contribution is -2.36. The minimum Gasteiger partial charge on any atom is -0.494 e. The zero-order valence-electron chi connectivity index (χ0n) is 16.8. The number of hydrogen-bond acceptors (Lipinski definition) is 4. The van der Waals surface area contributed by atoms with Gasteiger partial charge in [0.1, 0.15) is 5.75 Å². The molecule has 0 radical (unpaired) electrons. The number of amides is 1. The summed E-state index contributed by atoms with van der Waals surface area (Å²) >= 11 is 1.44. The Bertz CT molecular complexity index is 886. The van der Waals surface area contributed by atoms with Crippen molar-refractivity contribution in [3.63, 3.8) is 0 Å². The van der Waals surface area contributed by atoms with Crippen molar-refractivity contribution >= 4 is 34.6 Å². The second-order valence-corrected chi connectivity index (χ2v) is 7.78. The summed E-state index contributed by atoms with van der Waals surface area (Å²) in [5.41, 5.74) is 3.02. The Kier molecular flexibility index (Phi) is 6.57. The molecule has 0 spiro atoms. The van der Waals surface area contributed by atoms with Crippen molar-refractivity contribution in [1.82, 2.24) is 4.90 Å². The first-order chi connectivity index (χ1) is 13.5. The van der Waals surface area contributed by atoms with Crippen LogP contribution in [0.3, 0.4) is 0 Å². The average Bonchev–Trinajstić information content (AvgIpc) is 2.99. The first kappa shape index (κ1) is 20.2.